The van der Waals surface area contributed by atoms with Crippen molar-refractivity contribution in [3.8, 4) is 5.75 Å². The van der Waals surface area contributed by atoms with Crippen LogP contribution in [0.5, 0.6) is 5.75 Å². The van der Waals surface area contributed by atoms with Gasteiger partial charge in [-0.25, -0.2) is 0 Å². The van der Waals surface area contributed by atoms with Crippen LogP contribution >= 0.6 is 0 Å². The first-order valence-electron chi connectivity index (χ1n) is 10.5. The van der Waals surface area contributed by atoms with E-state index >= 15 is 0 Å². The van der Waals surface area contributed by atoms with Gasteiger partial charge in [0.2, 0.25) is 0 Å². The maximum absolute atomic E-state index is 10.9. The molecule has 0 aliphatic carbocycles. The predicted octanol–water partition coefficient (Wildman–Crippen LogP) is 6.40. The lowest BCUT2D eigenvalue weighted by Crippen LogP contribution is -2.08. The summed E-state index contributed by atoms with van der Waals surface area (Å²) in [6, 6.07) is 4.03. The Morgan fingerprint density at radius 1 is 0.800 bits per heavy atom. The first kappa shape index (κ1) is 22.0. The topological polar surface area (TPSA) is 40.5 Å². The highest BCUT2D eigenvalue weighted by Crippen LogP contribution is 2.32. The third-order valence-corrected chi connectivity index (χ3v) is 5.61. The molecule has 2 nitrogen and oxygen atoms in total. The molecule has 0 amide bonds. The minimum atomic E-state index is 0.0534. The van der Waals surface area contributed by atoms with E-state index in [1.165, 1.54) is 38.5 Å². The molecule has 0 aromatic heterocycles. The Balaban J connectivity index is 2.98. The Morgan fingerprint density at radius 3 is 1.56 bits per heavy atom. The van der Waals surface area contributed by atoms with Gasteiger partial charge in [-0.1, -0.05) is 79.1 Å². The lowest BCUT2D eigenvalue weighted by atomic mass is 9.86. The van der Waals surface area contributed by atoms with Crippen molar-refractivity contribution in [3.05, 3.63) is 28.8 Å². The van der Waals surface area contributed by atoms with Crippen molar-refractivity contribution in [2.75, 3.05) is 0 Å². The highest BCUT2D eigenvalue weighted by Gasteiger charge is 2.17. The monoisotopic (exact) mass is 348 g/mol. The second-order valence-electron chi connectivity index (χ2n) is 7.66. The van der Waals surface area contributed by atoms with Gasteiger partial charge in [0.05, 0.1) is 6.61 Å². The summed E-state index contributed by atoms with van der Waals surface area (Å²) < 4.78 is 0. The van der Waals surface area contributed by atoms with Crippen LogP contribution in [0.15, 0.2) is 12.1 Å². The van der Waals surface area contributed by atoms with Crippen LogP contribution in [0.1, 0.15) is 95.8 Å². The Bertz CT molecular complexity index is 442. The Kier molecular flexibility index (Phi) is 10.9. The zero-order valence-corrected chi connectivity index (χ0v) is 17.0. The van der Waals surface area contributed by atoms with E-state index < -0.39 is 0 Å². The fourth-order valence-electron chi connectivity index (χ4n) is 3.74. The normalized spacial score (nSPS) is 13.8. The largest absolute Gasteiger partial charge is 0.507 e. The number of benzene rings is 1. The predicted molar refractivity (Wildman–Crippen MR) is 108 cm³/mol. The summed E-state index contributed by atoms with van der Waals surface area (Å²) in [5.41, 5.74) is 3.02. The molecule has 1 rings (SSSR count). The molecule has 0 saturated heterocycles. The minimum absolute atomic E-state index is 0.0534. The average Bonchev–Trinajstić information content (AvgIpc) is 2.64. The van der Waals surface area contributed by atoms with E-state index in [0.29, 0.717) is 17.6 Å². The number of aliphatic hydroxyl groups excluding tert-OH is 1. The van der Waals surface area contributed by atoms with Crippen LogP contribution in [0.2, 0.25) is 0 Å². The Morgan fingerprint density at radius 2 is 1.24 bits per heavy atom. The minimum Gasteiger partial charge on any atom is -0.507 e. The zero-order valence-electron chi connectivity index (χ0n) is 17.0. The van der Waals surface area contributed by atoms with Crippen molar-refractivity contribution in [1.82, 2.24) is 0 Å². The van der Waals surface area contributed by atoms with Gasteiger partial charge in [0.1, 0.15) is 5.75 Å². The van der Waals surface area contributed by atoms with Crippen LogP contribution in [0, 0.1) is 11.8 Å². The SMILES string of the molecule is CCCCC(CC)Cc1cc(CO)cc(CC(CC)CCCC)c1O. The van der Waals surface area contributed by atoms with E-state index in [1.807, 2.05) is 12.1 Å². The summed E-state index contributed by atoms with van der Waals surface area (Å²) in [5, 5.41) is 20.5. The van der Waals surface area contributed by atoms with Crippen molar-refractivity contribution in [3.63, 3.8) is 0 Å². The van der Waals surface area contributed by atoms with Gasteiger partial charge < -0.3 is 10.2 Å². The Labute approximate surface area is 155 Å². The fraction of sp³-hybridized carbons (Fsp3) is 0.739. The molecule has 0 fully saturated rings. The van der Waals surface area contributed by atoms with Crippen LogP contribution in [0.4, 0.5) is 0 Å². The molecule has 0 saturated carbocycles. The summed E-state index contributed by atoms with van der Waals surface area (Å²) in [7, 11) is 0. The van der Waals surface area contributed by atoms with Crippen LogP contribution in [-0.4, -0.2) is 10.2 Å². The second kappa shape index (κ2) is 12.4. The van der Waals surface area contributed by atoms with Crippen molar-refractivity contribution >= 4 is 0 Å². The summed E-state index contributed by atoms with van der Waals surface area (Å²) >= 11 is 0. The number of phenolic OH excluding ortho intramolecular Hbond substituents is 1. The highest BCUT2D eigenvalue weighted by molar-refractivity contribution is 5.44. The number of hydrogen-bond acceptors (Lipinski definition) is 2. The third-order valence-electron chi connectivity index (χ3n) is 5.61. The summed E-state index contributed by atoms with van der Waals surface area (Å²) in [6.45, 7) is 9.00. The Hall–Kier alpha value is -1.02. The number of aliphatic hydroxyl groups is 1. The molecule has 0 aliphatic heterocycles. The molecule has 2 heteroatoms. The molecular weight excluding hydrogens is 308 g/mol. The molecule has 2 N–H and O–H groups in total. The van der Waals surface area contributed by atoms with E-state index in [2.05, 4.69) is 27.7 Å². The zero-order chi connectivity index (χ0) is 18.7. The van der Waals surface area contributed by atoms with E-state index in [0.717, 1.165) is 42.4 Å². The van der Waals surface area contributed by atoms with Gasteiger partial charge in [-0.15, -0.1) is 0 Å². The van der Waals surface area contributed by atoms with Gasteiger partial charge >= 0.3 is 0 Å². The molecule has 144 valence electrons. The van der Waals surface area contributed by atoms with Gasteiger partial charge in [-0.3, -0.25) is 0 Å². The maximum atomic E-state index is 10.9. The number of unbranched alkanes of at least 4 members (excludes halogenated alkanes) is 2. The van der Waals surface area contributed by atoms with Gasteiger partial charge in [0.25, 0.3) is 0 Å². The molecule has 0 aliphatic rings. The van der Waals surface area contributed by atoms with Crippen LogP contribution in [0.3, 0.4) is 0 Å². The molecule has 0 heterocycles. The molecule has 1 aromatic rings. The quantitative estimate of drug-likeness (QED) is 0.433. The van der Waals surface area contributed by atoms with Crippen LogP contribution < -0.4 is 0 Å². The van der Waals surface area contributed by atoms with Crippen molar-refractivity contribution in [2.24, 2.45) is 11.8 Å². The van der Waals surface area contributed by atoms with Gasteiger partial charge in [0.15, 0.2) is 0 Å². The van der Waals surface area contributed by atoms with Crippen LogP contribution in [-0.2, 0) is 19.4 Å². The lowest BCUT2D eigenvalue weighted by molar-refractivity contribution is 0.281. The first-order valence-corrected chi connectivity index (χ1v) is 10.5. The highest BCUT2D eigenvalue weighted by atomic mass is 16.3. The number of rotatable bonds is 13. The standard InChI is InChI=1S/C23H40O2/c1-5-9-11-18(7-3)13-21-15-20(17-24)16-22(23(21)25)14-19(8-4)12-10-6-2/h15-16,18-19,24-25H,5-14,17H2,1-4H3. The summed E-state index contributed by atoms with van der Waals surface area (Å²) in [6.07, 6.45) is 11.5. The van der Waals surface area contributed by atoms with Crippen molar-refractivity contribution in [2.45, 2.75) is 98.5 Å². The van der Waals surface area contributed by atoms with Gasteiger partial charge in [-0.05, 0) is 53.5 Å². The molecule has 1 aromatic carbocycles. The average molecular weight is 349 g/mol. The maximum Gasteiger partial charge on any atom is 0.121 e. The molecular formula is C23H40O2. The molecule has 0 radical (unpaired) electrons. The van der Waals surface area contributed by atoms with E-state index in [4.69, 9.17) is 0 Å². The van der Waals surface area contributed by atoms with Crippen molar-refractivity contribution in [1.29, 1.82) is 0 Å². The lowest BCUT2D eigenvalue weighted by Gasteiger charge is -2.20. The second-order valence-corrected chi connectivity index (χ2v) is 7.66. The summed E-state index contributed by atoms with van der Waals surface area (Å²) in [5.74, 6) is 1.73. The number of aromatic hydroxyl groups is 1. The van der Waals surface area contributed by atoms with Crippen LogP contribution in [0.25, 0.3) is 0 Å². The van der Waals surface area contributed by atoms with E-state index in [1.54, 1.807) is 0 Å². The molecule has 25 heavy (non-hydrogen) atoms. The smallest absolute Gasteiger partial charge is 0.121 e. The van der Waals surface area contributed by atoms with Crippen molar-refractivity contribution < 1.29 is 10.2 Å². The number of phenols is 1. The van der Waals surface area contributed by atoms with Gasteiger partial charge in [0, 0.05) is 0 Å². The molecule has 0 spiro atoms. The first-order chi connectivity index (χ1) is 12.1. The third kappa shape index (κ3) is 7.40. The van der Waals surface area contributed by atoms with Gasteiger partial charge in [-0.2, -0.15) is 0 Å². The fourth-order valence-corrected chi connectivity index (χ4v) is 3.74. The molecule has 2 atom stereocenters. The number of hydrogen-bond donors (Lipinski definition) is 2. The van der Waals surface area contributed by atoms with E-state index in [-0.39, 0.29) is 6.61 Å². The summed E-state index contributed by atoms with van der Waals surface area (Å²) in [4.78, 5) is 0. The molecule has 0 bridgehead atoms. The van der Waals surface area contributed by atoms with E-state index in [9.17, 15) is 10.2 Å². The molecule has 2 unspecified atom stereocenters.